The average Bonchev–Trinajstić information content (AvgIpc) is 2.55. The third-order valence-corrected chi connectivity index (χ3v) is 4.50. The molecule has 4 heteroatoms. The summed E-state index contributed by atoms with van der Waals surface area (Å²) in [5.74, 6) is 0.0363. The molecule has 0 radical (unpaired) electrons. The predicted octanol–water partition coefficient (Wildman–Crippen LogP) is 3.97. The molecule has 3 nitrogen and oxygen atoms in total. The number of hydrogen-bond donors (Lipinski definition) is 1. The number of nitrogens with zero attached hydrogens (tertiary/aromatic N) is 1. The van der Waals surface area contributed by atoms with E-state index in [1.807, 2.05) is 37.3 Å². The first-order chi connectivity index (χ1) is 11.1. The number of aryl methyl sites for hydroxylation is 1. The summed E-state index contributed by atoms with van der Waals surface area (Å²) >= 11 is 6.02. The van der Waals surface area contributed by atoms with Crippen LogP contribution in [0, 0.1) is 0 Å². The van der Waals surface area contributed by atoms with Crippen molar-refractivity contribution in [3.8, 4) is 0 Å². The number of benzene rings is 2. The zero-order valence-corrected chi connectivity index (χ0v) is 14.0. The zero-order chi connectivity index (χ0) is 16.2. The fraction of sp³-hybridized carbons (Fsp3) is 0.316. The molecule has 3 rings (SSSR count). The summed E-state index contributed by atoms with van der Waals surface area (Å²) in [5.41, 5.74) is 3.53. The maximum atomic E-state index is 12.4. The van der Waals surface area contributed by atoms with Crippen LogP contribution in [0.3, 0.4) is 0 Å². The molecule has 2 aromatic carbocycles. The van der Waals surface area contributed by atoms with E-state index < -0.39 is 0 Å². The number of para-hydroxylation sites is 1. The van der Waals surface area contributed by atoms with Crippen LogP contribution >= 0.6 is 11.6 Å². The number of amides is 1. The molecule has 1 N–H and O–H groups in total. The molecule has 1 heterocycles. The number of fused-ring (bicyclic) bond motifs is 1. The summed E-state index contributed by atoms with van der Waals surface area (Å²) in [4.78, 5) is 14.6. The van der Waals surface area contributed by atoms with Gasteiger partial charge in [-0.05, 0) is 49.1 Å². The highest BCUT2D eigenvalue weighted by atomic mass is 35.5. The Morgan fingerprint density at radius 1 is 1.26 bits per heavy atom. The molecule has 120 valence electrons. The second-order valence-corrected chi connectivity index (χ2v) is 6.43. The van der Waals surface area contributed by atoms with E-state index >= 15 is 0 Å². The van der Waals surface area contributed by atoms with Crippen molar-refractivity contribution < 1.29 is 4.79 Å². The number of nitrogens with one attached hydrogen (secondary N) is 1. The molecule has 1 unspecified atom stereocenters. The van der Waals surface area contributed by atoms with E-state index in [9.17, 15) is 4.79 Å². The van der Waals surface area contributed by atoms with Crippen molar-refractivity contribution in [3.05, 3.63) is 64.7 Å². The van der Waals surface area contributed by atoms with E-state index in [1.165, 1.54) is 11.3 Å². The fourth-order valence-electron chi connectivity index (χ4n) is 3.10. The van der Waals surface area contributed by atoms with Crippen molar-refractivity contribution in [2.24, 2.45) is 0 Å². The second kappa shape index (κ2) is 7.05. The molecule has 1 aliphatic rings. The molecule has 23 heavy (non-hydrogen) atoms. The van der Waals surface area contributed by atoms with Crippen LogP contribution in [0.25, 0.3) is 0 Å². The monoisotopic (exact) mass is 328 g/mol. The first-order valence-electron chi connectivity index (χ1n) is 8.01. The molecule has 1 amide bonds. The van der Waals surface area contributed by atoms with Crippen molar-refractivity contribution in [1.82, 2.24) is 5.32 Å². The van der Waals surface area contributed by atoms with Gasteiger partial charge in [0, 0.05) is 17.3 Å². The van der Waals surface area contributed by atoms with E-state index in [0.717, 1.165) is 24.9 Å². The van der Waals surface area contributed by atoms with E-state index in [-0.39, 0.29) is 11.9 Å². The van der Waals surface area contributed by atoms with Crippen LogP contribution in [0.5, 0.6) is 0 Å². The first-order valence-corrected chi connectivity index (χ1v) is 8.39. The molecule has 0 aromatic heterocycles. The quantitative estimate of drug-likeness (QED) is 0.921. The lowest BCUT2D eigenvalue weighted by Gasteiger charge is -2.31. The van der Waals surface area contributed by atoms with Gasteiger partial charge in [0.2, 0.25) is 5.91 Å². The van der Waals surface area contributed by atoms with Gasteiger partial charge in [-0.25, -0.2) is 0 Å². The molecule has 1 aliphatic heterocycles. The minimum absolute atomic E-state index is 0.0363. The molecule has 2 aromatic rings. The van der Waals surface area contributed by atoms with Gasteiger partial charge in [0.1, 0.15) is 0 Å². The molecule has 0 saturated heterocycles. The third kappa shape index (κ3) is 3.85. The van der Waals surface area contributed by atoms with Crippen LogP contribution < -0.4 is 10.2 Å². The van der Waals surface area contributed by atoms with Crippen molar-refractivity contribution in [2.75, 3.05) is 18.0 Å². The molecule has 0 saturated carbocycles. The van der Waals surface area contributed by atoms with Gasteiger partial charge in [-0.2, -0.15) is 0 Å². The molecular weight excluding hydrogens is 308 g/mol. The van der Waals surface area contributed by atoms with Crippen molar-refractivity contribution >= 4 is 23.2 Å². The highest BCUT2D eigenvalue weighted by Crippen LogP contribution is 2.26. The van der Waals surface area contributed by atoms with Crippen LogP contribution in [0.15, 0.2) is 48.5 Å². The van der Waals surface area contributed by atoms with Crippen molar-refractivity contribution in [3.63, 3.8) is 0 Å². The molecular formula is C19H21ClN2O. The van der Waals surface area contributed by atoms with Gasteiger partial charge in [-0.3, -0.25) is 4.79 Å². The summed E-state index contributed by atoms with van der Waals surface area (Å²) in [6.07, 6.45) is 2.18. The Bertz CT molecular complexity index is 701. The first kappa shape index (κ1) is 15.9. The maximum Gasteiger partial charge on any atom is 0.239 e. The van der Waals surface area contributed by atoms with Gasteiger partial charge in [0.15, 0.2) is 0 Å². The van der Waals surface area contributed by atoms with Crippen LogP contribution in [0.1, 0.15) is 30.5 Å². The SMILES string of the molecule is CC(NC(=O)CN1CCCc2ccccc21)c1cccc(Cl)c1. The highest BCUT2D eigenvalue weighted by Gasteiger charge is 2.19. The van der Waals surface area contributed by atoms with E-state index in [4.69, 9.17) is 11.6 Å². The summed E-state index contributed by atoms with van der Waals surface area (Å²) in [7, 11) is 0. The van der Waals surface area contributed by atoms with Crippen LogP contribution in [0.4, 0.5) is 5.69 Å². The Labute approximate surface area is 142 Å². The van der Waals surface area contributed by atoms with Crippen LogP contribution in [0.2, 0.25) is 5.02 Å². The lowest BCUT2D eigenvalue weighted by Crippen LogP contribution is -2.40. The van der Waals surface area contributed by atoms with Gasteiger partial charge >= 0.3 is 0 Å². The molecule has 0 aliphatic carbocycles. The van der Waals surface area contributed by atoms with E-state index in [1.54, 1.807) is 0 Å². The number of rotatable bonds is 4. The number of carbonyl (C=O) groups excluding carboxylic acids is 1. The minimum Gasteiger partial charge on any atom is -0.362 e. The summed E-state index contributed by atoms with van der Waals surface area (Å²) in [5, 5.41) is 3.75. The van der Waals surface area contributed by atoms with E-state index in [0.29, 0.717) is 11.6 Å². The number of anilines is 1. The van der Waals surface area contributed by atoms with Gasteiger partial charge in [-0.1, -0.05) is 41.9 Å². The Morgan fingerprint density at radius 3 is 2.91 bits per heavy atom. The standard InChI is InChI=1S/C19H21ClN2O/c1-14(16-7-4-9-17(20)12-16)21-19(23)13-22-11-5-8-15-6-2-3-10-18(15)22/h2-4,6-7,9-10,12,14H,5,8,11,13H2,1H3,(H,21,23). The van der Waals surface area contributed by atoms with Crippen LogP contribution in [-0.4, -0.2) is 19.0 Å². The van der Waals surface area contributed by atoms with Gasteiger partial charge in [0.25, 0.3) is 0 Å². The van der Waals surface area contributed by atoms with Crippen molar-refractivity contribution in [2.45, 2.75) is 25.8 Å². The van der Waals surface area contributed by atoms with Crippen molar-refractivity contribution in [1.29, 1.82) is 0 Å². The zero-order valence-electron chi connectivity index (χ0n) is 13.3. The number of hydrogen-bond acceptors (Lipinski definition) is 2. The summed E-state index contributed by atoms with van der Waals surface area (Å²) in [6, 6.07) is 15.9. The fourth-order valence-corrected chi connectivity index (χ4v) is 3.29. The number of halogens is 1. The Morgan fingerprint density at radius 2 is 2.09 bits per heavy atom. The Hall–Kier alpha value is -2.00. The average molecular weight is 329 g/mol. The Kier molecular flexibility index (Phi) is 4.87. The van der Waals surface area contributed by atoms with Gasteiger partial charge < -0.3 is 10.2 Å². The largest absolute Gasteiger partial charge is 0.362 e. The van der Waals surface area contributed by atoms with Crippen LogP contribution in [-0.2, 0) is 11.2 Å². The van der Waals surface area contributed by atoms with Gasteiger partial charge in [0.05, 0.1) is 12.6 Å². The van der Waals surface area contributed by atoms with E-state index in [2.05, 4.69) is 28.4 Å². The topological polar surface area (TPSA) is 32.3 Å². The highest BCUT2D eigenvalue weighted by molar-refractivity contribution is 6.30. The Balaban J connectivity index is 1.64. The van der Waals surface area contributed by atoms with Gasteiger partial charge in [-0.15, -0.1) is 0 Å². The molecule has 0 bridgehead atoms. The summed E-state index contributed by atoms with van der Waals surface area (Å²) in [6.45, 7) is 3.30. The lowest BCUT2D eigenvalue weighted by atomic mass is 10.0. The minimum atomic E-state index is -0.0544. The normalized spacial score (nSPS) is 15.0. The molecule has 0 spiro atoms. The smallest absolute Gasteiger partial charge is 0.239 e. The molecule has 1 atom stereocenters. The lowest BCUT2D eigenvalue weighted by molar-refractivity contribution is -0.120. The molecule has 0 fully saturated rings. The summed E-state index contributed by atoms with van der Waals surface area (Å²) < 4.78 is 0. The predicted molar refractivity (Wildman–Crippen MR) is 95.0 cm³/mol. The number of carbonyl (C=O) groups is 1. The maximum absolute atomic E-state index is 12.4. The third-order valence-electron chi connectivity index (χ3n) is 4.27. The second-order valence-electron chi connectivity index (χ2n) is 6.00.